The Morgan fingerprint density at radius 2 is 1.45 bits per heavy atom. The molecule has 0 bridgehead atoms. The van der Waals surface area contributed by atoms with E-state index in [1.165, 1.54) is 16.7 Å². The zero-order valence-electron chi connectivity index (χ0n) is 15.5. The van der Waals surface area contributed by atoms with Gasteiger partial charge in [-0.05, 0) is 35.7 Å². The van der Waals surface area contributed by atoms with Crippen LogP contribution in [0.3, 0.4) is 0 Å². The van der Waals surface area contributed by atoms with Crippen molar-refractivity contribution in [2.75, 3.05) is 12.5 Å². The van der Waals surface area contributed by atoms with Crippen molar-refractivity contribution in [1.29, 1.82) is 0 Å². The van der Waals surface area contributed by atoms with E-state index in [9.17, 15) is 0 Å². The second-order valence-corrected chi connectivity index (χ2v) is 8.54. The van der Waals surface area contributed by atoms with Gasteiger partial charge < -0.3 is 4.74 Å². The van der Waals surface area contributed by atoms with Crippen LogP contribution >= 0.6 is 11.6 Å². The topological polar surface area (TPSA) is 9.23 Å². The van der Waals surface area contributed by atoms with E-state index < -0.39 is 0 Å². The van der Waals surface area contributed by atoms with Gasteiger partial charge in [-0.1, -0.05) is 60.6 Å². The van der Waals surface area contributed by atoms with Crippen LogP contribution < -0.4 is 4.74 Å². The third-order valence-electron chi connectivity index (χ3n) is 3.81. The molecule has 0 aromatic heterocycles. The molecule has 0 saturated carbocycles. The average Bonchev–Trinajstić information content (AvgIpc) is 2.40. The Kier molecular flexibility index (Phi) is 6.80. The third-order valence-corrected chi connectivity index (χ3v) is 4.08. The number of benzene rings is 1. The molecule has 1 rings (SSSR count). The molecule has 0 aliphatic carbocycles. The predicted octanol–water partition coefficient (Wildman–Crippen LogP) is 6.24. The van der Waals surface area contributed by atoms with Crippen LogP contribution in [0.15, 0.2) is 12.1 Å². The molecule has 0 unspecified atom stereocenters. The standard InChI is InChI=1S/C20H33ClO/c1-8-12-22-18-16(19(2,3)4)13-15(10-9-11-21)14-17(18)20(5,6)7/h13-14H,8-12H2,1-7H3. The summed E-state index contributed by atoms with van der Waals surface area (Å²) in [5.41, 5.74) is 4.15. The summed E-state index contributed by atoms with van der Waals surface area (Å²) in [7, 11) is 0. The first-order chi connectivity index (χ1) is 10.1. The molecule has 0 amide bonds. The lowest BCUT2D eigenvalue weighted by molar-refractivity contribution is 0.299. The van der Waals surface area contributed by atoms with Crippen molar-refractivity contribution >= 4 is 11.6 Å². The Hall–Kier alpha value is -0.690. The van der Waals surface area contributed by atoms with Crippen molar-refractivity contribution < 1.29 is 4.74 Å². The highest BCUT2D eigenvalue weighted by Gasteiger charge is 2.27. The molecule has 2 heteroatoms. The Morgan fingerprint density at radius 1 is 0.955 bits per heavy atom. The van der Waals surface area contributed by atoms with E-state index in [0.29, 0.717) is 5.88 Å². The Labute approximate surface area is 142 Å². The Morgan fingerprint density at radius 3 is 1.82 bits per heavy atom. The minimum absolute atomic E-state index is 0.0695. The highest BCUT2D eigenvalue weighted by Crippen LogP contribution is 2.41. The van der Waals surface area contributed by atoms with Crippen molar-refractivity contribution in [1.82, 2.24) is 0 Å². The van der Waals surface area contributed by atoms with Crippen molar-refractivity contribution in [3.63, 3.8) is 0 Å². The highest BCUT2D eigenvalue weighted by molar-refractivity contribution is 6.17. The first-order valence-electron chi connectivity index (χ1n) is 8.48. The van der Waals surface area contributed by atoms with Crippen LogP contribution in [0.2, 0.25) is 0 Å². The van der Waals surface area contributed by atoms with E-state index in [4.69, 9.17) is 16.3 Å². The summed E-state index contributed by atoms with van der Waals surface area (Å²) in [4.78, 5) is 0. The zero-order valence-corrected chi connectivity index (χ0v) is 16.2. The van der Waals surface area contributed by atoms with Gasteiger partial charge in [0.2, 0.25) is 0 Å². The van der Waals surface area contributed by atoms with Gasteiger partial charge in [0.1, 0.15) is 5.75 Å². The van der Waals surface area contributed by atoms with Crippen LogP contribution in [0.1, 0.15) is 78.0 Å². The van der Waals surface area contributed by atoms with Crippen molar-refractivity contribution in [3.8, 4) is 5.75 Å². The van der Waals surface area contributed by atoms with E-state index in [1.807, 2.05) is 0 Å². The summed E-state index contributed by atoms with van der Waals surface area (Å²) >= 11 is 5.89. The molecule has 1 aromatic rings. The minimum atomic E-state index is 0.0695. The number of rotatable bonds is 6. The maximum absolute atomic E-state index is 6.20. The van der Waals surface area contributed by atoms with Gasteiger partial charge in [0.15, 0.2) is 0 Å². The van der Waals surface area contributed by atoms with Gasteiger partial charge in [0.05, 0.1) is 6.61 Å². The van der Waals surface area contributed by atoms with Gasteiger partial charge in [0, 0.05) is 17.0 Å². The molecule has 0 N–H and O–H groups in total. The fraction of sp³-hybridized carbons (Fsp3) is 0.700. The van der Waals surface area contributed by atoms with E-state index in [-0.39, 0.29) is 10.8 Å². The summed E-state index contributed by atoms with van der Waals surface area (Å²) in [5, 5.41) is 0. The average molecular weight is 325 g/mol. The molecule has 1 nitrogen and oxygen atoms in total. The van der Waals surface area contributed by atoms with E-state index in [0.717, 1.165) is 31.6 Å². The van der Waals surface area contributed by atoms with Crippen LogP contribution in [-0.4, -0.2) is 12.5 Å². The molecule has 0 aliphatic rings. The molecular weight excluding hydrogens is 292 g/mol. The molecule has 0 spiro atoms. The Bertz CT molecular complexity index is 442. The number of hydrogen-bond acceptors (Lipinski definition) is 1. The predicted molar refractivity (Wildman–Crippen MR) is 98.7 cm³/mol. The smallest absolute Gasteiger partial charge is 0.126 e. The highest BCUT2D eigenvalue weighted by atomic mass is 35.5. The van der Waals surface area contributed by atoms with Crippen LogP contribution in [0, 0.1) is 0 Å². The molecule has 0 atom stereocenters. The second-order valence-electron chi connectivity index (χ2n) is 8.16. The quantitative estimate of drug-likeness (QED) is 0.562. The largest absolute Gasteiger partial charge is 0.493 e. The molecule has 126 valence electrons. The van der Waals surface area contributed by atoms with Crippen molar-refractivity contribution in [2.24, 2.45) is 0 Å². The number of hydrogen-bond donors (Lipinski definition) is 0. The molecule has 22 heavy (non-hydrogen) atoms. The lowest BCUT2D eigenvalue weighted by Gasteiger charge is -2.30. The lowest BCUT2D eigenvalue weighted by atomic mass is 9.78. The molecule has 0 heterocycles. The van der Waals surface area contributed by atoms with E-state index in [1.54, 1.807) is 0 Å². The Balaban J connectivity index is 3.47. The van der Waals surface area contributed by atoms with Gasteiger partial charge in [-0.15, -0.1) is 11.6 Å². The lowest BCUT2D eigenvalue weighted by Crippen LogP contribution is -2.20. The number of ether oxygens (including phenoxy) is 1. The number of alkyl halides is 1. The summed E-state index contributed by atoms with van der Waals surface area (Å²) in [6, 6.07) is 4.65. The van der Waals surface area contributed by atoms with Crippen LogP contribution in [0.5, 0.6) is 5.75 Å². The summed E-state index contributed by atoms with van der Waals surface area (Å²) < 4.78 is 6.20. The maximum atomic E-state index is 6.20. The molecule has 1 aromatic carbocycles. The molecule has 0 aliphatic heterocycles. The van der Waals surface area contributed by atoms with Crippen molar-refractivity contribution in [2.45, 2.75) is 78.6 Å². The van der Waals surface area contributed by atoms with E-state index >= 15 is 0 Å². The fourth-order valence-electron chi connectivity index (χ4n) is 2.58. The summed E-state index contributed by atoms with van der Waals surface area (Å²) in [6.07, 6.45) is 3.08. The first-order valence-corrected chi connectivity index (χ1v) is 9.01. The van der Waals surface area contributed by atoms with Gasteiger partial charge in [-0.3, -0.25) is 0 Å². The van der Waals surface area contributed by atoms with Crippen LogP contribution in [0.25, 0.3) is 0 Å². The SMILES string of the molecule is CCCOc1c(C(C)(C)C)cc(CCCCl)cc1C(C)(C)C. The maximum Gasteiger partial charge on any atom is 0.126 e. The van der Waals surface area contributed by atoms with E-state index in [2.05, 4.69) is 60.6 Å². The number of halogens is 1. The van der Waals surface area contributed by atoms with Crippen molar-refractivity contribution in [3.05, 3.63) is 28.8 Å². The van der Waals surface area contributed by atoms with Gasteiger partial charge in [-0.2, -0.15) is 0 Å². The van der Waals surface area contributed by atoms with Gasteiger partial charge >= 0.3 is 0 Å². The second kappa shape index (κ2) is 7.73. The van der Waals surface area contributed by atoms with Crippen LogP contribution in [0.4, 0.5) is 0 Å². The monoisotopic (exact) mass is 324 g/mol. The zero-order chi connectivity index (χ0) is 17.0. The minimum Gasteiger partial charge on any atom is -0.493 e. The van der Waals surface area contributed by atoms with Crippen LogP contribution in [-0.2, 0) is 17.3 Å². The van der Waals surface area contributed by atoms with Gasteiger partial charge in [0.25, 0.3) is 0 Å². The first kappa shape index (κ1) is 19.4. The summed E-state index contributed by atoms with van der Waals surface area (Å²) in [5.74, 6) is 1.81. The fourth-order valence-corrected chi connectivity index (χ4v) is 2.71. The third kappa shape index (κ3) is 5.19. The van der Waals surface area contributed by atoms with Gasteiger partial charge in [-0.25, -0.2) is 0 Å². The molecule has 0 saturated heterocycles. The molecular formula is C20H33ClO. The molecule has 0 radical (unpaired) electrons. The number of aryl methyl sites for hydroxylation is 1. The normalized spacial score (nSPS) is 12.5. The molecule has 0 fully saturated rings. The summed E-state index contributed by atoms with van der Waals surface area (Å²) in [6.45, 7) is 16.5.